The molecular formula is C30H35FN8O6. The number of halogens is 1. The van der Waals surface area contributed by atoms with Crippen LogP contribution in [-0.2, 0) is 9.53 Å². The van der Waals surface area contributed by atoms with Crippen LogP contribution in [0.1, 0.15) is 49.7 Å². The van der Waals surface area contributed by atoms with Crippen LogP contribution in [0.2, 0.25) is 0 Å². The Morgan fingerprint density at radius 1 is 1.13 bits per heavy atom. The van der Waals surface area contributed by atoms with Gasteiger partial charge in [-0.3, -0.25) is 10.2 Å². The van der Waals surface area contributed by atoms with Crippen molar-refractivity contribution >= 4 is 17.5 Å². The lowest BCUT2D eigenvalue weighted by Crippen LogP contribution is -2.19. The SMILES string of the molecule is CCC(CC)C(=O)OCOc1nc(C(Nc2ccc(C(=N)N)cc2)c2cc(OC)cc(OCCO)c2F)nn1-c1ncccn1. The number of ether oxygens (including phenoxy) is 4. The molecule has 0 bridgehead atoms. The van der Waals surface area contributed by atoms with Crippen molar-refractivity contribution in [2.45, 2.75) is 32.7 Å². The van der Waals surface area contributed by atoms with Gasteiger partial charge in [-0.05, 0) is 49.2 Å². The Morgan fingerprint density at radius 3 is 2.47 bits per heavy atom. The summed E-state index contributed by atoms with van der Waals surface area (Å²) in [5.41, 5.74) is 6.65. The molecule has 2 heterocycles. The molecule has 0 fully saturated rings. The third-order valence-corrected chi connectivity index (χ3v) is 6.75. The number of anilines is 1. The smallest absolute Gasteiger partial charge is 0.325 e. The summed E-state index contributed by atoms with van der Waals surface area (Å²) in [4.78, 5) is 25.4. The van der Waals surface area contributed by atoms with Crippen LogP contribution in [0.3, 0.4) is 0 Å². The Morgan fingerprint density at radius 2 is 1.84 bits per heavy atom. The van der Waals surface area contributed by atoms with Crippen LogP contribution < -0.4 is 25.3 Å². The van der Waals surface area contributed by atoms with Crippen molar-refractivity contribution in [2.24, 2.45) is 11.7 Å². The second-order valence-electron chi connectivity index (χ2n) is 9.62. The van der Waals surface area contributed by atoms with E-state index in [4.69, 9.17) is 30.1 Å². The van der Waals surface area contributed by atoms with E-state index in [0.29, 0.717) is 24.1 Å². The zero-order chi connectivity index (χ0) is 32.3. The highest BCUT2D eigenvalue weighted by molar-refractivity contribution is 5.95. The van der Waals surface area contributed by atoms with Crippen LogP contribution >= 0.6 is 0 Å². The number of amidine groups is 1. The van der Waals surface area contributed by atoms with Crippen LogP contribution in [-0.4, -0.2) is 68.8 Å². The summed E-state index contributed by atoms with van der Waals surface area (Å²) < 4.78 is 39.2. The summed E-state index contributed by atoms with van der Waals surface area (Å²) in [6, 6.07) is 9.83. The van der Waals surface area contributed by atoms with E-state index in [1.165, 1.54) is 36.3 Å². The van der Waals surface area contributed by atoms with Gasteiger partial charge in [-0.25, -0.2) is 14.4 Å². The first-order valence-corrected chi connectivity index (χ1v) is 14.1. The minimum absolute atomic E-state index is 0.0275. The van der Waals surface area contributed by atoms with E-state index >= 15 is 4.39 Å². The molecule has 4 rings (SSSR count). The molecule has 0 amide bonds. The predicted octanol–water partition coefficient (Wildman–Crippen LogP) is 3.38. The van der Waals surface area contributed by atoms with Crippen molar-refractivity contribution in [1.29, 1.82) is 5.41 Å². The highest BCUT2D eigenvalue weighted by Gasteiger charge is 2.29. The first kappa shape index (κ1) is 32.6. The standard InChI is InChI=1S/C30H35FN8O6/c1-4-18(5-2)28(41)44-17-45-30-37-27(38-39(30)29-34-11-6-12-35-29)25(36-20-9-7-19(8-10-20)26(32)33)22-15-21(42-3)16-23(24(22)31)43-14-13-40/h6-12,15-16,18,25,36,40H,4-5,13-14,17H2,1-3H3,(H3,32,33). The lowest BCUT2D eigenvalue weighted by Gasteiger charge is -2.21. The summed E-state index contributed by atoms with van der Waals surface area (Å²) in [6.07, 6.45) is 4.23. The van der Waals surface area contributed by atoms with Crippen LogP contribution in [0.15, 0.2) is 54.9 Å². The van der Waals surface area contributed by atoms with E-state index in [1.54, 1.807) is 30.3 Å². The second kappa shape index (κ2) is 15.4. The molecule has 0 aliphatic heterocycles. The monoisotopic (exact) mass is 622 g/mol. The first-order chi connectivity index (χ1) is 21.8. The summed E-state index contributed by atoms with van der Waals surface area (Å²) >= 11 is 0. The number of methoxy groups -OCH3 is 1. The Balaban J connectivity index is 1.80. The summed E-state index contributed by atoms with van der Waals surface area (Å²) in [5.74, 6) is -1.32. The minimum Gasteiger partial charge on any atom is -0.497 e. The fourth-order valence-electron chi connectivity index (χ4n) is 4.32. The predicted molar refractivity (Wildman–Crippen MR) is 161 cm³/mol. The maximum atomic E-state index is 16.1. The molecule has 1 atom stereocenters. The lowest BCUT2D eigenvalue weighted by atomic mass is 10.0. The number of hydrogen-bond acceptors (Lipinski definition) is 12. The molecule has 2 aromatic carbocycles. The molecule has 15 heteroatoms. The van der Waals surface area contributed by atoms with Crippen molar-refractivity contribution in [3.8, 4) is 23.5 Å². The van der Waals surface area contributed by atoms with Crippen molar-refractivity contribution < 1.29 is 33.2 Å². The molecule has 5 N–H and O–H groups in total. The molecule has 0 radical (unpaired) electrons. The van der Waals surface area contributed by atoms with Gasteiger partial charge in [0.05, 0.1) is 19.6 Å². The molecule has 238 valence electrons. The number of aromatic nitrogens is 5. The van der Waals surface area contributed by atoms with Gasteiger partial charge in [0.2, 0.25) is 6.79 Å². The quantitative estimate of drug-likeness (QED) is 0.0617. The van der Waals surface area contributed by atoms with Crippen LogP contribution in [0.25, 0.3) is 5.95 Å². The fourth-order valence-corrected chi connectivity index (χ4v) is 4.32. The van der Waals surface area contributed by atoms with E-state index in [1.807, 2.05) is 13.8 Å². The number of nitrogens with zero attached hydrogens (tertiary/aromatic N) is 5. The zero-order valence-electron chi connectivity index (χ0n) is 25.1. The molecule has 2 aromatic heterocycles. The van der Waals surface area contributed by atoms with Gasteiger partial charge in [0.15, 0.2) is 17.4 Å². The molecule has 0 saturated carbocycles. The van der Waals surface area contributed by atoms with E-state index in [0.717, 1.165) is 0 Å². The summed E-state index contributed by atoms with van der Waals surface area (Å²) in [5, 5.41) is 24.7. The van der Waals surface area contributed by atoms with Gasteiger partial charge in [0.1, 0.15) is 24.2 Å². The van der Waals surface area contributed by atoms with Crippen molar-refractivity contribution in [2.75, 3.05) is 32.4 Å². The van der Waals surface area contributed by atoms with Gasteiger partial charge in [0, 0.05) is 35.3 Å². The highest BCUT2D eigenvalue weighted by atomic mass is 19.1. The molecule has 45 heavy (non-hydrogen) atoms. The lowest BCUT2D eigenvalue weighted by molar-refractivity contribution is -0.155. The normalized spacial score (nSPS) is 11.6. The number of rotatable bonds is 16. The second-order valence-corrected chi connectivity index (χ2v) is 9.62. The van der Waals surface area contributed by atoms with Crippen molar-refractivity contribution in [1.82, 2.24) is 24.7 Å². The number of benzene rings is 2. The topological polar surface area (TPSA) is 193 Å². The molecule has 0 aliphatic carbocycles. The van der Waals surface area contributed by atoms with Gasteiger partial charge in [-0.1, -0.05) is 13.8 Å². The van der Waals surface area contributed by atoms with Gasteiger partial charge < -0.3 is 35.1 Å². The van der Waals surface area contributed by atoms with E-state index in [9.17, 15) is 9.90 Å². The number of esters is 1. The number of carbonyl (C=O) groups excluding carboxylic acids is 1. The number of nitrogens with one attached hydrogen (secondary N) is 2. The number of hydrogen-bond donors (Lipinski definition) is 4. The Labute approximate surface area is 258 Å². The number of aliphatic hydroxyl groups excluding tert-OH is 1. The van der Waals surface area contributed by atoms with Gasteiger partial charge in [-0.15, -0.1) is 9.78 Å². The molecule has 4 aromatic rings. The summed E-state index contributed by atoms with van der Waals surface area (Å²) in [7, 11) is 1.42. The maximum Gasteiger partial charge on any atom is 0.325 e. The van der Waals surface area contributed by atoms with Crippen molar-refractivity contribution in [3.63, 3.8) is 0 Å². The Kier molecular flexibility index (Phi) is 11.2. The zero-order valence-corrected chi connectivity index (χ0v) is 25.1. The van der Waals surface area contributed by atoms with Gasteiger partial charge >= 0.3 is 12.0 Å². The molecule has 0 aliphatic rings. The van der Waals surface area contributed by atoms with E-state index in [-0.39, 0.29) is 59.8 Å². The third-order valence-electron chi connectivity index (χ3n) is 6.75. The van der Waals surface area contributed by atoms with Crippen molar-refractivity contribution in [3.05, 3.63) is 77.6 Å². The molecule has 14 nitrogen and oxygen atoms in total. The largest absolute Gasteiger partial charge is 0.497 e. The van der Waals surface area contributed by atoms with Gasteiger partial charge in [-0.2, -0.15) is 4.98 Å². The minimum atomic E-state index is -1.08. The third kappa shape index (κ3) is 8.00. The molecular weight excluding hydrogens is 587 g/mol. The number of nitrogen functional groups attached to an aromatic ring is 1. The van der Waals surface area contributed by atoms with E-state index in [2.05, 4.69) is 25.4 Å². The van der Waals surface area contributed by atoms with E-state index < -0.39 is 24.6 Å². The maximum absolute atomic E-state index is 16.1. The number of aliphatic hydroxyl groups is 1. The van der Waals surface area contributed by atoms with Crippen LogP contribution in [0.5, 0.6) is 17.5 Å². The number of carbonyl (C=O) groups is 1. The molecule has 1 unspecified atom stereocenters. The molecule has 0 saturated heterocycles. The fraction of sp³-hybridized carbons (Fsp3) is 0.333. The average Bonchev–Trinajstić information content (AvgIpc) is 3.48. The molecule has 0 spiro atoms. The summed E-state index contributed by atoms with van der Waals surface area (Å²) in [6.45, 7) is 2.84. The Hall–Kier alpha value is -5.31. The first-order valence-electron chi connectivity index (χ1n) is 14.1. The van der Waals surface area contributed by atoms with Crippen LogP contribution in [0, 0.1) is 17.1 Å². The highest BCUT2D eigenvalue weighted by Crippen LogP contribution is 2.36. The number of nitrogens with two attached hydrogens (primary N) is 1. The average molecular weight is 623 g/mol. The van der Waals surface area contributed by atoms with Crippen LogP contribution in [0.4, 0.5) is 10.1 Å². The Bertz CT molecular complexity index is 1580. The van der Waals surface area contributed by atoms with Gasteiger partial charge in [0.25, 0.3) is 5.95 Å².